The van der Waals surface area contributed by atoms with Gasteiger partial charge in [-0.05, 0) is 66.0 Å². The van der Waals surface area contributed by atoms with Gasteiger partial charge in [-0.1, -0.05) is 33.3 Å². The predicted molar refractivity (Wildman–Crippen MR) is 168 cm³/mol. The fraction of sp³-hybridized carbons (Fsp3) is 0.393. The normalized spacial score (nSPS) is 19.6. The van der Waals surface area contributed by atoms with Crippen molar-refractivity contribution in [1.29, 1.82) is 0 Å². The van der Waals surface area contributed by atoms with Crippen LogP contribution in [0.1, 0.15) is 56.1 Å². The molecule has 2 aliphatic rings. The number of carbonyl (C=O) groups excluding carboxylic acids is 3. The van der Waals surface area contributed by atoms with Gasteiger partial charge in [0.2, 0.25) is 11.8 Å². The van der Waals surface area contributed by atoms with Crippen molar-refractivity contribution in [2.45, 2.75) is 58.5 Å². The molecule has 4 amide bonds. The molecule has 2 atom stereocenters. The van der Waals surface area contributed by atoms with Crippen molar-refractivity contribution in [2.24, 2.45) is 10.9 Å². The number of hydrogen-bond donors (Lipinski definition) is 3. The van der Waals surface area contributed by atoms with Crippen LogP contribution in [0.15, 0.2) is 53.6 Å². The quantitative estimate of drug-likeness (QED) is 0.0955. The van der Waals surface area contributed by atoms with Crippen LogP contribution in [-0.2, 0) is 9.53 Å². The number of allylic oxidation sites excluding steroid dienone is 2. The van der Waals surface area contributed by atoms with Crippen LogP contribution in [0.25, 0.3) is 10.2 Å². The van der Waals surface area contributed by atoms with Gasteiger partial charge < -0.3 is 20.7 Å². The van der Waals surface area contributed by atoms with E-state index in [9.17, 15) is 14.4 Å². The van der Waals surface area contributed by atoms with Gasteiger partial charge >= 0.3 is 6.03 Å². The second-order valence-corrected chi connectivity index (χ2v) is 11.6. The Morgan fingerprint density at radius 3 is 2.73 bits per heavy atom. The smallest absolute Gasteiger partial charge is 0.330 e. The van der Waals surface area contributed by atoms with Crippen LogP contribution in [-0.4, -0.2) is 45.7 Å². The number of halogens is 1. The Morgan fingerprint density at radius 1 is 1.32 bits per heavy atom. The number of aromatic nitrogens is 1. The van der Waals surface area contributed by atoms with Crippen molar-refractivity contribution < 1.29 is 19.1 Å². The van der Waals surface area contributed by atoms with E-state index in [-0.39, 0.29) is 23.9 Å². The molecule has 212 valence electrons. The van der Waals surface area contributed by atoms with Gasteiger partial charge in [0.15, 0.2) is 0 Å². The minimum absolute atomic E-state index is 0.181. The number of rotatable bonds is 10. The molecule has 1 aliphatic heterocycles. The second-order valence-electron chi connectivity index (χ2n) is 10.1. The van der Waals surface area contributed by atoms with Crippen LogP contribution < -0.4 is 20.9 Å². The first-order valence-electron chi connectivity index (χ1n) is 13.1. The summed E-state index contributed by atoms with van der Waals surface area (Å²) >= 11 is 3.26. The third-order valence-corrected chi connectivity index (χ3v) is 7.88. The van der Waals surface area contributed by atoms with Crippen LogP contribution in [0.4, 0.5) is 16.2 Å². The second kappa shape index (κ2) is 13.4. The molecule has 0 bridgehead atoms. The Morgan fingerprint density at radius 2 is 2.05 bits per heavy atom. The molecule has 2 aromatic rings. The van der Waals surface area contributed by atoms with E-state index < -0.39 is 6.03 Å². The average molecular weight is 677 g/mol. The van der Waals surface area contributed by atoms with Gasteiger partial charge in [-0.3, -0.25) is 14.5 Å². The number of urea groups is 1. The maximum absolute atomic E-state index is 13.5. The Labute approximate surface area is 251 Å². The highest BCUT2D eigenvalue weighted by Gasteiger charge is 2.33. The molecule has 0 aromatic carbocycles. The first-order chi connectivity index (χ1) is 19.2. The molecule has 3 N–H and O–H groups in total. The summed E-state index contributed by atoms with van der Waals surface area (Å²) in [5.41, 5.74) is 1.83. The largest absolute Gasteiger partial charge is 0.477 e. The average Bonchev–Trinajstić information content (AvgIpc) is 3.30. The summed E-state index contributed by atoms with van der Waals surface area (Å²) in [4.78, 5) is 50.0. The van der Waals surface area contributed by atoms with Crippen LogP contribution in [0.3, 0.4) is 0 Å². The lowest BCUT2D eigenvalue weighted by Gasteiger charge is -2.32. The van der Waals surface area contributed by atoms with Crippen LogP contribution >= 0.6 is 33.9 Å². The van der Waals surface area contributed by atoms with Gasteiger partial charge in [0.1, 0.15) is 9.71 Å². The van der Waals surface area contributed by atoms with Gasteiger partial charge in [0, 0.05) is 30.6 Å². The number of anilines is 2. The van der Waals surface area contributed by atoms with Gasteiger partial charge in [-0.15, -0.1) is 11.3 Å². The SMILES string of the molecule is C=CC(=O)NC1CCCC[C@H]1NC(=O)c1sc2nccc3c2c1NC(=O)N3/C=C(C)/C=C(\N=CI)OCC(C)C. The van der Waals surface area contributed by atoms with Gasteiger partial charge in [-0.2, -0.15) is 0 Å². The summed E-state index contributed by atoms with van der Waals surface area (Å²) < 4.78 is 7.42. The number of pyridine rings is 1. The highest BCUT2D eigenvalue weighted by Crippen LogP contribution is 2.43. The minimum atomic E-state index is -0.393. The molecule has 10 nitrogen and oxygen atoms in total. The van der Waals surface area contributed by atoms with Gasteiger partial charge in [0.25, 0.3) is 5.91 Å². The van der Waals surface area contributed by atoms with Crippen molar-refractivity contribution >= 4 is 77.6 Å². The molecule has 0 saturated heterocycles. The summed E-state index contributed by atoms with van der Waals surface area (Å²) in [5.74, 6) is 0.228. The van der Waals surface area contributed by atoms with Crippen molar-refractivity contribution in [1.82, 2.24) is 15.6 Å². The highest BCUT2D eigenvalue weighted by molar-refractivity contribution is 14.1. The van der Waals surface area contributed by atoms with Crippen molar-refractivity contribution in [3.63, 3.8) is 0 Å². The number of ether oxygens (including phenoxy) is 1. The van der Waals surface area contributed by atoms with E-state index in [1.807, 2.05) is 29.5 Å². The van der Waals surface area contributed by atoms with Crippen LogP contribution in [0.5, 0.6) is 0 Å². The number of nitrogens with zero attached hydrogens (tertiary/aromatic N) is 3. The Kier molecular flexibility index (Phi) is 9.95. The molecule has 1 saturated carbocycles. The Bertz CT molecular complexity index is 1400. The third kappa shape index (κ3) is 6.89. The van der Waals surface area contributed by atoms with E-state index in [1.54, 1.807) is 28.8 Å². The molecular weight excluding hydrogens is 643 g/mol. The first kappa shape index (κ1) is 29.7. The number of carbonyl (C=O) groups is 3. The maximum atomic E-state index is 13.5. The van der Waals surface area contributed by atoms with Crippen molar-refractivity contribution in [2.75, 3.05) is 16.8 Å². The molecule has 2 aromatic heterocycles. The molecule has 12 heteroatoms. The van der Waals surface area contributed by atoms with E-state index in [0.717, 1.165) is 31.3 Å². The fourth-order valence-electron chi connectivity index (χ4n) is 4.70. The van der Waals surface area contributed by atoms with Crippen LogP contribution in [0.2, 0.25) is 0 Å². The molecule has 3 heterocycles. The topological polar surface area (TPSA) is 125 Å². The summed E-state index contributed by atoms with van der Waals surface area (Å²) in [6.07, 6.45) is 9.80. The molecule has 40 heavy (non-hydrogen) atoms. The van der Waals surface area contributed by atoms with E-state index in [0.29, 0.717) is 44.9 Å². The summed E-state index contributed by atoms with van der Waals surface area (Å²) in [6.45, 7) is 10.0. The molecule has 4 rings (SSSR count). The lowest BCUT2D eigenvalue weighted by Crippen LogP contribution is -2.52. The summed E-state index contributed by atoms with van der Waals surface area (Å²) in [5, 5.41) is 9.62. The minimum Gasteiger partial charge on any atom is -0.477 e. The maximum Gasteiger partial charge on any atom is 0.330 e. The predicted octanol–water partition coefficient (Wildman–Crippen LogP) is 5.87. The highest BCUT2D eigenvalue weighted by atomic mass is 127. The molecule has 1 aliphatic carbocycles. The van der Waals surface area contributed by atoms with Crippen molar-refractivity contribution in [3.8, 4) is 0 Å². The van der Waals surface area contributed by atoms with Crippen LogP contribution in [0, 0.1) is 5.92 Å². The van der Waals surface area contributed by atoms with E-state index >= 15 is 0 Å². The Hall–Kier alpha value is -3.26. The number of hydrogen-bond acceptors (Lipinski definition) is 7. The standard InChI is InChI=1S/C28H33IN6O4S/c1-5-21(36)32-18-8-6-7-9-19(18)33-26(37)25-24-23-20(10-11-30-27(23)40-25)35(28(38)34-24)13-17(4)12-22(31-15-29)39-14-16(2)3/h5,10-13,15-16,18-19H,1,6-9,14H2,2-4H3,(H,32,36)(H,33,37)(H,34,38)/b17-13+,22-12+,31-15?/t18?,19-/m1/s1. The molecule has 1 unspecified atom stereocenters. The number of thiophene rings is 1. The zero-order valence-electron chi connectivity index (χ0n) is 22.7. The van der Waals surface area contributed by atoms with E-state index in [2.05, 4.69) is 46.4 Å². The third-order valence-electron chi connectivity index (χ3n) is 6.51. The molecular formula is C28H33IN6O4S. The zero-order valence-corrected chi connectivity index (χ0v) is 25.7. The summed E-state index contributed by atoms with van der Waals surface area (Å²) in [6, 6.07) is 0.962. The van der Waals surface area contributed by atoms with Gasteiger partial charge in [0.05, 0.1) is 27.6 Å². The number of aliphatic imine (C=N–C) groups is 1. The first-order valence-corrected chi connectivity index (χ1v) is 15.2. The summed E-state index contributed by atoms with van der Waals surface area (Å²) in [7, 11) is 0. The zero-order chi connectivity index (χ0) is 28.8. The molecule has 1 fully saturated rings. The monoisotopic (exact) mass is 676 g/mol. The van der Waals surface area contributed by atoms with Crippen molar-refractivity contribution in [3.05, 3.63) is 53.5 Å². The lowest BCUT2D eigenvalue weighted by atomic mass is 9.90. The Balaban J connectivity index is 1.62. The van der Waals surface area contributed by atoms with E-state index in [4.69, 9.17) is 4.74 Å². The van der Waals surface area contributed by atoms with E-state index in [1.165, 1.54) is 22.3 Å². The number of nitrogens with one attached hydrogen (secondary N) is 3. The lowest BCUT2D eigenvalue weighted by molar-refractivity contribution is -0.117. The number of amides is 4. The molecule has 0 spiro atoms. The molecule has 0 radical (unpaired) electrons. The fourth-order valence-corrected chi connectivity index (χ4v) is 5.99. The van der Waals surface area contributed by atoms with Gasteiger partial charge in [-0.25, -0.2) is 14.8 Å².